The summed E-state index contributed by atoms with van der Waals surface area (Å²) < 4.78 is 0.681. The second-order valence-corrected chi connectivity index (χ2v) is 6.93. The molecule has 1 N–H and O–H groups in total. The van der Waals surface area contributed by atoms with Gasteiger partial charge in [0.15, 0.2) is 0 Å². The average molecular weight is 382 g/mol. The predicted molar refractivity (Wildman–Crippen MR) is 91.1 cm³/mol. The van der Waals surface area contributed by atoms with Crippen LogP contribution >= 0.6 is 22.6 Å². The third-order valence-corrected chi connectivity index (χ3v) is 4.40. The summed E-state index contributed by atoms with van der Waals surface area (Å²) >= 11 is 2.05. The molecule has 0 saturated carbocycles. The lowest BCUT2D eigenvalue weighted by Crippen LogP contribution is -2.16. The zero-order valence-corrected chi connectivity index (χ0v) is 14.4. The van der Waals surface area contributed by atoms with Crippen molar-refractivity contribution in [2.75, 3.05) is 0 Å². The van der Waals surface area contributed by atoms with E-state index >= 15 is 0 Å². The van der Waals surface area contributed by atoms with Crippen LogP contribution in [0.15, 0.2) is 29.1 Å². The summed E-state index contributed by atoms with van der Waals surface area (Å²) in [6.07, 6.45) is 0.759. The Kier molecular flexibility index (Phi) is 4.32. The summed E-state index contributed by atoms with van der Waals surface area (Å²) in [5, 5.41) is 0. The molecule has 3 nitrogen and oxygen atoms in total. The van der Waals surface area contributed by atoms with Gasteiger partial charge in [-0.15, -0.1) is 0 Å². The highest BCUT2D eigenvalue weighted by atomic mass is 127. The number of H-pyrrole nitrogens is 1. The third kappa shape index (κ3) is 3.11. The molecule has 4 heteroatoms. The van der Waals surface area contributed by atoms with Crippen molar-refractivity contribution in [3.63, 3.8) is 0 Å². The van der Waals surface area contributed by atoms with Crippen LogP contribution in [-0.4, -0.2) is 9.97 Å². The lowest BCUT2D eigenvalue weighted by molar-refractivity contribution is 0.590. The van der Waals surface area contributed by atoms with Gasteiger partial charge < -0.3 is 4.98 Å². The van der Waals surface area contributed by atoms with E-state index in [0.717, 1.165) is 17.7 Å². The Hall–Kier alpha value is -1.17. The largest absolute Gasteiger partial charge is 0.306 e. The van der Waals surface area contributed by atoms with Gasteiger partial charge in [-0.2, -0.15) is 0 Å². The Balaban J connectivity index is 2.47. The summed E-state index contributed by atoms with van der Waals surface area (Å²) in [5.41, 5.74) is 3.13. The monoisotopic (exact) mass is 382 g/mol. The predicted octanol–water partition coefficient (Wildman–Crippen LogP) is 3.90. The second-order valence-electron chi connectivity index (χ2n) is 5.86. The van der Waals surface area contributed by atoms with Crippen LogP contribution in [0.4, 0.5) is 0 Å². The number of rotatable bonds is 2. The summed E-state index contributed by atoms with van der Waals surface area (Å²) in [4.78, 5) is 19.3. The first-order valence-electron chi connectivity index (χ1n) is 6.72. The van der Waals surface area contributed by atoms with Crippen LogP contribution in [0, 0.1) is 3.57 Å². The molecular weight excluding hydrogens is 363 g/mol. The molecule has 0 amide bonds. The maximum absolute atomic E-state index is 11.9. The van der Waals surface area contributed by atoms with Gasteiger partial charge in [0, 0.05) is 5.56 Å². The third-order valence-electron chi connectivity index (χ3n) is 3.29. The van der Waals surface area contributed by atoms with Gasteiger partial charge >= 0.3 is 0 Å². The van der Waals surface area contributed by atoms with E-state index in [4.69, 9.17) is 0 Å². The number of hydrogen-bond donors (Lipinski definition) is 1. The zero-order valence-electron chi connectivity index (χ0n) is 12.2. The molecule has 2 rings (SSSR count). The fourth-order valence-corrected chi connectivity index (χ4v) is 2.64. The molecule has 0 atom stereocenters. The van der Waals surface area contributed by atoms with Gasteiger partial charge in [0.1, 0.15) is 5.82 Å². The van der Waals surface area contributed by atoms with Crippen LogP contribution in [0.2, 0.25) is 0 Å². The Morgan fingerprint density at radius 2 is 1.80 bits per heavy atom. The molecule has 0 aliphatic rings. The SMILES string of the molecule is CCc1nc(-c2ccc(C(C)(C)C)cc2)[nH]c(=O)c1I. The lowest BCUT2D eigenvalue weighted by Gasteiger charge is -2.19. The maximum Gasteiger partial charge on any atom is 0.264 e. The Bertz CT molecular complexity index is 666. The molecule has 1 aromatic heterocycles. The van der Waals surface area contributed by atoms with E-state index in [2.05, 4.69) is 65.5 Å². The van der Waals surface area contributed by atoms with Crippen molar-refractivity contribution in [3.05, 3.63) is 49.4 Å². The van der Waals surface area contributed by atoms with Crippen molar-refractivity contribution in [2.45, 2.75) is 39.5 Å². The number of benzene rings is 1. The second kappa shape index (κ2) is 5.68. The van der Waals surface area contributed by atoms with Gasteiger partial charge in [0.05, 0.1) is 9.26 Å². The van der Waals surface area contributed by atoms with E-state index in [9.17, 15) is 4.79 Å². The van der Waals surface area contributed by atoms with Crippen LogP contribution in [-0.2, 0) is 11.8 Å². The molecule has 0 saturated heterocycles. The minimum atomic E-state index is -0.0626. The highest BCUT2D eigenvalue weighted by Gasteiger charge is 2.14. The van der Waals surface area contributed by atoms with Crippen molar-refractivity contribution >= 4 is 22.6 Å². The highest BCUT2D eigenvalue weighted by molar-refractivity contribution is 14.1. The van der Waals surface area contributed by atoms with E-state index in [1.807, 2.05) is 19.1 Å². The molecule has 2 aromatic rings. The Morgan fingerprint density at radius 3 is 2.30 bits per heavy atom. The van der Waals surface area contributed by atoms with Gasteiger partial charge in [-0.25, -0.2) is 4.98 Å². The van der Waals surface area contributed by atoms with Gasteiger partial charge in [-0.3, -0.25) is 4.79 Å². The first-order chi connectivity index (χ1) is 9.32. The molecule has 0 radical (unpaired) electrons. The number of hydrogen-bond acceptors (Lipinski definition) is 2. The zero-order chi connectivity index (χ0) is 14.9. The number of aromatic amines is 1. The topological polar surface area (TPSA) is 45.8 Å². The van der Waals surface area contributed by atoms with Crippen molar-refractivity contribution in [1.29, 1.82) is 0 Å². The standard InChI is InChI=1S/C16H19IN2O/c1-5-12-13(17)15(20)19-14(18-12)10-6-8-11(9-7-10)16(2,3)4/h6-9H,5H2,1-4H3,(H,18,19,20). The quantitative estimate of drug-likeness (QED) is 0.801. The van der Waals surface area contributed by atoms with E-state index in [0.29, 0.717) is 9.39 Å². The van der Waals surface area contributed by atoms with E-state index in [-0.39, 0.29) is 11.0 Å². The molecule has 0 aliphatic heterocycles. The minimum Gasteiger partial charge on any atom is -0.306 e. The van der Waals surface area contributed by atoms with Crippen LogP contribution < -0.4 is 5.56 Å². The molecule has 1 heterocycles. The molecule has 0 aliphatic carbocycles. The van der Waals surface area contributed by atoms with Crippen molar-refractivity contribution in [1.82, 2.24) is 9.97 Å². The summed E-state index contributed by atoms with van der Waals surface area (Å²) in [6, 6.07) is 8.23. The van der Waals surface area contributed by atoms with E-state index in [1.165, 1.54) is 5.56 Å². The molecule has 0 unspecified atom stereocenters. The van der Waals surface area contributed by atoms with Crippen LogP contribution in [0.5, 0.6) is 0 Å². The van der Waals surface area contributed by atoms with Gasteiger partial charge in [-0.1, -0.05) is 52.0 Å². The number of halogens is 1. The molecule has 106 valence electrons. The van der Waals surface area contributed by atoms with Gasteiger partial charge in [0.2, 0.25) is 0 Å². The van der Waals surface area contributed by atoms with Gasteiger partial charge in [-0.05, 0) is 40.0 Å². The molecule has 0 bridgehead atoms. The number of aryl methyl sites for hydroxylation is 1. The molecule has 20 heavy (non-hydrogen) atoms. The highest BCUT2D eigenvalue weighted by Crippen LogP contribution is 2.24. The first-order valence-corrected chi connectivity index (χ1v) is 7.80. The van der Waals surface area contributed by atoms with Crippen LogP contribution in [0.3, 0.4) is 0 Å². The fraction of sp³-hybridized carbons (Fsp3) is 0.375. The smallest absolute Gasteiger partial charge is 0.264 e. The van der Waals surface area contributed by atoms with Crippen LogP contribution in [0.25, 0.3) is 11.4 Å². The molecular formula is C16H19IN2O. The maximum atomic E-state index is 11.9. The normalized spacial score (nSPS) is 11.7. The minimum absolute atomic E-state index is 0.0626. The Labute approximate surface area is 133 Å². The van der Waals surface area contributed by atoms with Gasteiger partial charge in [0.25, 0.3) is 5.56 Å². The fourth-order valence-electron chi connectivity index (χ4n) is 2.00. The first kappa shape index (κ1) is 15.2. The number of nitrogens with one attached hydrogen (secondary N) is 1. The molecule has 0 fully saturated rings. The van der Waals surface area contributed by atoms with Crippen molar-refractivity contribution < 1.29 is 0 Å². The number of aromatic nitrogens is 2. The summed E-state index contributed by atoms with van der Waals surface area (Å²) in [7, 11) is 0. The van der Waals surface area contributed by atoms with Crippen LogP contribution in [0.1, 0.15) is 39.0 Å². The van der Waals surface area contributed by atoms with Crippen molar-refractivity contribution in [2.24, 2.45) is 0 Å². The van der Waals surface area contributed by atoms with Crippen molar-refractivity contribution in [3.8, 4) is 11.4 Å². The number of nitrogens with zero attached hydrogens (tertiary/aromatic N) is 1. The summed E-state index contributed by atoms with van der Waals surface area (Å²) in [5.74, 6) is 0.646. The van der Waals surface area contributed by atoms with E-state index < -0.39 is 0 Å². The molecule has 1 aromatic carbocycles. The Morgan fingerprint density at radius 1 is 1.20 bits per heavy atom. The lowest BCUT2D eigenvalue weighted by atomic mass is 9.87. The van der Waals surface area contributed by atoms with E-state index in [1.54, 1.807) is 0 Å². The average Bonchev–Trinajstić information content (AvgIpc) is 2.41. The summed E-state index contributed by atoms with van der Waals surface area (Å²) in [6.45, 7) is 8.56. The molecule has 0 spiro atoms.